The van der Waals surface area contributed by atoms with Crippen molar-refractivity contribution in [3.05, 3.63) is 35.9 Å². The number of ketones is 1. The summed E-state index contributed by atoms with van der Waals surface area (Å²) in [6.45, 7) is 2.65. The number of benzene rings is 1. The molecule has 0 N–H and O–H groups in total. The van der Waals surface area contributed by atoms with Gasteiger partial charge in [0.25, 0.3) is 0 Å². The average molecular weight is 458 g/mol. The van der Waals surface area contributed by atoms with Crippen molar-refractivity contribution in [3.8, 4) is 0 Å². The van der Waals surface area contributed by atoms with Crippen LogP contribution >= 0.6 is 0 Å². The summed E-state index contributed by atoms with van der Waals surface area (Å²) < 4.78 is 4.72. The molecule has 0 unspecified atom stereocenters. The van der Waals surface area contributed by atoms with Crippen LogP contribution in [0.4, 0.5) is 0 Å². The van der Waals surface area contributed by atoms with Crippen LogP contribution in [0.1, 0.15) is 102 Å². The molecule has 5 heteroatoms. The quantitative estimate of drug-likeness (QED) is 0.109. The van der Waals surface area contributed by atoms with Crippen molar-refractivity contribution in [1.29, 1.82) is 0 Å². The van der Waals surface area contributed by atoms with Gasteiger partial charge in [0.1, 0.15) is 12.4 Å². The van der Waals surface area contributed by atoms with Crippen LogP contribution in [0, 0.1) is 11.8 Å². The smallest absolute Gasteiger partial charge is 0.305 e. The van der Waals surface area contributed by atoms with E-state index in [0.29, 0.717) is 31.1 Å². The fourth-order valence-electron chi connectivity index (χ4n) is 4.74. The number of esters is 1. The Balaban J connectivity index is 1.93. The fraction of sp³-hybridized carbons (Fsp3) is 0.679. The van der Waals surface area contributed by atoms with E-state index in [-0.39, 0.29) is 11.9 Å². The number of nitrogens with zero attached hydrogens (tertiary/aromatic N) is 1. The van der Waals surface area contributed by atoms with Crippen LogP contribution in [0.25, 0.3) is 0 Å². The summed E-state index contributed by atoms with van der Waals surface area (Å²) in [7, 11) is 1.42. The van der Waals surface area contributed by atoms with Crippen molar-refractivity contribution in [2.75, 3.05) is 7.11 Å². The van der Waals surface area contributed by atoms with Crippen molar-refractivity contribution in [1.82, 2.24) is 0 Å². The van der Waals surface area contributed by atoms with Crippen LogP contribution in [-0.2, 0) is 25.8 Å². The van der Waals surface area contributed by atoms with E-state index in [9.17, 15) is 9.59 Å². The van der Waals surface area contributed by atoms with Gasteiger partial charge in [-0.2, -0.15) is 0 Å². The Morgan fingerprint density at radius 2 is 1.67 bits per heavy atom. The Kier molecular flexibility index (Phi) is 13.5. The Hall–Kier alpha value is -2.17. The summed E-state index contributed by atoms with van der Waals surface area (Å²) in [5, 5.41) is 4.52. The predicted molar refractivity (Wildman–Crippen MR) is 133 cm³/mol. The van der Waals surface area contributed by atoms with Gasteiger partial charge in [0.05, 0.1) is 18.7 Å². The summed E-state index contributed by atoms with van der Waals surface area (Å²) in [5.41, 5.74) is 1.97. The standard InChI is InChI=1S/C28H43NO4/c1-3-4-5-6-7-12-17-24-20-21-26(30)28(24)25(18-13-9-14-19-27(31)32-2)29-33-22-23-15-10-8-11-16-23/h8,10-11,15-16,24,28H,3-7,9,12-14,17-22H2,1-2H3/b29-25+/t24-,28-/m1/s1. The van der Waals surface area contributed by atoms with E-state index in [0.717, 1.165) is 49.8 Å². The largest absolute Gasteiger partial charge is 0.469 e. The number of unbranched alkanes of at least 4 members (excludes halogenated alkanes) is 7. The maximum atomic E-state index is 12.9. The Morgan fingerprint density at radius 1 is 0.970 bits per heavy atom. The third kappa shape index (κ3) is 10.5. The first-order chi connectivity index (χ1) is 16.2. The molecular weight excluding hydrogens is 414 g/mol. The summed E-state index contributed by atoms with van der Waals surface area (Å²) in [6.07, 6.45) is 14.2. The molecular formula is C28H43NO4. The number of oxime groups is 1. The molecule has 0 amide bonds. The van der Waals surface area contributed by atoms with Gasteiger partial charge in [0.15, 0.2) is 0 Å². The minimum Gasteiger partial charge on any atom is -0.469 e. The first kappa shape index (κ1) is 27.1. The van der Waals surface area contributed by atoms with Gasteiger partial charge < -0.3 is 9.57 Å². The van der Waals surface area contributed by atoms with E-state index < -0.39 is 0 Å². The van der Waals surface area contributed by atoms with Crippen LogP contribution in [0.5, 0.6) is 0 Å². The predicted octanol–water partition coefficient (Wildman–Crippen LogP) is 7.03. The summed E-state index contributed by atoms with van der Waals surface area (Å²) >= 11 is 0. The van der Waals surface area contributed by atoms with Crippen LogP contribution in [0.2, 0.25) is 0 Å². The third-order valence-electron chi connectivity index (χ3n) is 6.66. The lowest BCUT2D eigenvalue weighted by molar-refractivity contribution is -0.140. The highest BCUT2D eigenvalue weighted by Gasteiger charge is 2.37. The number of hydrogen-bond acceptors (Lipinski definition) is 5. The van der Waals surface area contributed by atoms with Crippen LogP contribution in [0.3, 0.4) is 0 Å². The molecule has 1 saturated carbocycles. The number of hydrogen-bond donors (Lipinski definition) is 0. The molecule has 1 aromatic rings. The average Bonchev–Trinajstić information content (AvgIpc) is 3.20. The van der Waals surface area contributed by atoms with E-state index in [1.807, 2.05) is 30.3 Å². The summed E-state index contributed by atoms with van der Waals surface area (Å²) in [6, 6.07) is 9.99. The number of Topliss-reactive ketones (excluding diaryl/α,β-unsaturated/α-hetero) is 1. The van der Waals surface area contributed by atoms with E-state index >= 15 is 0 Å². The highest BCUT2D eigenvalue weighted by atomic mass is 16.6. The molecule has 0 saturated heterocycles. The number of methoxy groups -OCH3 is 1. The Bertz CT molecular complexity index is 716. The lowest BCUT2D eigenvalue weighted by Crippen LogP contribution is -2.25. The maximum absolute atomic E-state index is 12.9. The molecule has 0 aliphatic heterocycles. The molecule has 0 heterocycles. The third-order valence-corrected chi connectivity index (χ3v) is 6.66. The highest BCUT2D eigenvalue weighted by molar-refractivity contribution is 6.06. The zero-order chi connectivity index (χ0) is 23.7. The summed E-state index contributed by atoms with van der Waals surface area (Å²) in [4.78, 5) is 29.9. The minimum atomic E-state index is -0.167. The van der Waals surface area contributed by atoms with Crippen LogP contribution in [0.15, 0.2) is 35.5 Å². The van der Waals surface area contributed by atoms with E-state index in [4.69, 9.17) is 9.57 Å². The first-order valence-corrected chi connectivity index (χ1v) is 13.0. The molecule has 5 nitrogen and oxygen atoms in total. The molecule has 0 radical (unpaired) electrons. The van der Waals surface area contributed by atoms with Gasteiger partial charge in [-0.25, -0.2) is 0 Å². The highest BCUT2D eigenvalue weighted by Crippen LogP contribution is 2.35. The van der Waals surface area contributed by atoms with Crippen LogP contribution in [-0.4, -0.2) is 24.6 Å². The second kappa shape index (κ2) is 16.4. The van der Waals surface area contributed by atoms with E-state index in [2.05, 4.69) is 12.1 Å². The molecule has 1 aliphatic carbocycles. The van der Waals surface area contributed by atoms with Crippen molar-refractivity contribution in [3.63, 3.8) is 0 Å². The number of rotatable bonds is 17. The van der Waals surface area contributed by atoms with Gasteiger partial charge in [-0.15, -0.1) is 0 Å². The monoisotopic (exact) mass is 457 g/mol. The van der Waals surface area contributed by atoms with Gasteiger partial charge in [-0.3, -0.25) is 9.59 Å². The molecule has 2 rings (SSSR count). The normalized spacial score (nSPS) is 18.5. The van der Waals surface area contributed by atoms with E-state index in [1.54, 1.807) is 0 Å². The van der Waals surface area contributed by atoms with Gasteiger partial charge in [0, 0.05) is 12.8 Å². The lowest BCUT2D eigenvalue weighted by atomic mass is 9.84. The zero-order valence-electron chi connectivity index (χ0n) is 20.7. The molecule has 33 heavy (non-hydrogen) atoms. The van der Waals surface area contributed by atoms with Crippen molar-refractivity contribution >= 4 is 17.5 Å². The summed E-state index contributed by atoms with van der Waals surface area (Å²) in [5.74, 6) is 0.442. The molecule has 184 valence electrons. The SMILES string of the molecule is CCCCCCCC[C@@H]1CCC(=O)[C@H]1/C(CCCCCC(=O)OC)=N/OCc1ccccc1. The Labute approximate surface area is 200 Å². The van der Waals surface area contributed by atoms with Crippen molar-refractivity contribution < 1.29 is 19.2 Å². The Morgan fingerprint density at radius 3 is 2.42 bits per heavy atom. The van der Waals surface area contributed by atoms with Crippen molar-refractivity contribution in [2.24, 2.45) is 17.0 Å². The van der Waals surface area contributed by atoms with Gasteiger partial charge >= 0.3 is 5.97 Å². The van der Waals surface area contributed by atoms with Crippen molar-refractivity contribution in [2.45, 2.75) is 103 Å². The molecule has 1 aromatic carbocycles. The molecule has 1 aliphatic rings. The van der Waals surface area contributed by atoms with Gasteiger partial charge in [-0.05, 0) is 43.6 Å². The molecule has 0 aromatic heterocycles. The lowest BCUT2D eigenvalue weighted by Gasteiger charge is -2.20. The fourth-order valence-corrected chi connectivity index (χ4v) is 4.74. The van der Waals surface area contributed by atoms with Crippen LogP contribution < -0.4 is 0 Å². The van der Waals surface area contributed by atoms with E-state index in [1.165, 1.54) is 45.6 Å². The second-order valence-corrected chi connectivity index (χ2v) is 9.28. The second-order valence-electron chi connectivity index (χ2n) is 9.28. The number of ether oxygens (including phenoxy) is 1. The first-order valence-electron chi connectivity index (χ1n) is 13.0. The molecule has 2 atom stereocenters. The maximum Gasteiger partial charge on any atom is 0.305 e. The zero-order valence-corrected chi connectivity index (χ0v) is 20.7. The van der Waals surface area contributed by atoms with Gasteiger partial charge in [-0.1, -0.05) is 87.4 Å². The minimum absolute atomic E-state index is 0.1000. The number of carbonyl (C=O) groups excluding carboxylic acids is 2. The molecule has 0 spiro atoms. The topological polar surface area (TPSA) is 65.0 Å². The number of carbonyl (C=O) groups is 2. The molecule has 0 bridgehead atoms. The molecule has 1 fully saturated rings. The van der Waals surface area contributed by atoms with Gasteiger partial charge in [0.2, 0.25) is 0 Å².